The van der Waals surface area contributed by atoms with Gasteiger partial charge >= 0.3 is 0 Å². The van der Waals surface area contributed by atoms with Crippen LogP contribution in [0.3, 0.4) is 0 Å². The van der Waals surface area contributed by atoms with Crippen molar-refractivity contribution in [3.63, 3.8) is 0 Å². The molecule has 0 atom stereocenters. The van der Waals surface area contributed by atoms with E-state index in [1.165, 1.54) is 12.1 Å². The molecule has 20 heavy (non-hydrogen) atoms. The lowest BCUT2D eigenvalue weighted by molar-refractivity contribution is 0.628. The van der Waals surface area contributed by atoms with Crippen molar-refractivity contribution in [2.75, 3.05) is 0 Å². The minimum Gasteiger partial charge on any atom is -0.329 e. The van der Waals surface area contributed by atoms with E-state index < -0.39 is 0 Å². The molecule has 0 bridgehead atoms. The van der Waals surface area contributed by atoms with E-state index in [9.17, 15) is 4.39 Å². The number of aromatic nitrogens is 3. The second-order valence-electron chi connectivity index (χ2n) is 4.26. The van der Waals surface area contributed by atoms with Gasteiger partial charge in [-0.15, -0.1) is 11.3 Å². The molecule has 0 radical (unpaired) electrons. The zero-order chi connectivity index (χ0) is 13.9. The van der Waals surface area contributed by atoms with E-state index in [1.54, 1.807) is 41.4 Å². The van der Waals surface area contributed by atoms with Crippen LogP contribution in [0, 0.1) is 5.82 Å². The molecule has 3 rings (SSSR count). The lowest BCUT2D eigenvalue weighted by Crippen LogP contribution is -1.90. The Hall–Kier alpha value is -1.66. The Balaban J connectivity index is 1.71. The number of aryl methyl sites for hydroxylation is 1. The van der Waals surface area contributed by atoms with Crippen molar-refractivity contribution in [1.82, 2.24) is 14.5 Å². The van der Waals surface area contributed by atoms with E-state index in [2.05, 4.69) is 9.97 Å². The molecule has 0 saturated heterocycles. The first-order valence-corrected chi connectivity index (χ1v) is 7.89. The van der Waals surface area contributed by atoms with Gasteiger partial charge in [0.1, 0.15) is 10.8 Å². The number of imidazole rings is 1. The Kier molecular flexibility index (Phi) is 3.84. The van der Waals surface area contributed by atoms with Gasteiger partial charge in [0.25, 0.3) is 0 Å². The molecule has 0 spiro atoms. The molecule has 0 aliphatic carbocycles. The Morgan fingerprint density at radius 3 is 2.80 bits per heavy atom. The second-order valence-corrected chi connectivity index (χ2v) is 6.06. The van der Waals surface area contributed by atoms with Gasteiger partial charge in [-0.25, -0.2) is 14.4 Å². The van der Waals surface area contributed by atoms with Crippen molar-refractivity contribution in [2.24, 2.45) is 7.05 Å². The number of hydrogen-bond acceptors (Lipinski definition) is 4. The van der Waals surface area contributed by atoms with E-state index in [4.69, 9.17) is 0 Å². The maximum absolute atomic E-state index is 12.9. The van der Waals surface area contributed by atoms with Crippen LogP contribution in [0.4, 0.5) is 4.39 Å². The number of rotatable bonds is 4. The average Bonchev–Trinajstić information content (AvgIpc) is 3.06. The highest BCUT2D eigenvalue weighted by Crippen LogP contribution is 2.27. The zero-order valence-electron chi connectivity index (χ0n) is 10.8. The quantitative estimate of drug-likeness (QED) is 0.683. The van der Waals surface area contributed by atoms with E-state index in [0.717, 1.165) is 27.2 Å². The summed E-state index contributed by atoms with van der Waals surface area (Å²) in [5.41, 5.74) is 1.96. The monoisotopic (exact) mass is 305 g/mol. The number of benzene rings is 1. The highest BCUT2D eigenvalue weighted by molar-refractivity contribution is 7.98. The number of hydrogen-bond donors (Lipinski definition) is 0. The molecule has 3 nitrogen and oxygen atoms in total. The fourth-order valence-electron chi connectivity index (χ4n) is 1.73. The molecule has 1 aromatic carbocycles. The van der Waals surface area contributed by atoms with Crippen molar-refractivity contribution < 1.29 is 4.39 Å². The third-order valence-electron chi connectivity index (χ3n) is 2.77. The number of nitrogens with zero attached hydrogens (tertiary/aromatic N) is 3. The first kappa shape index (κ1) is 13.3. The SMILES string of the molecule is Cn1ccnc1SCc1csc(-c2ccc(F)cc2)n1. The normalized spacial score (nSPS) is 10.9. The fraction of sp³-hybridized carbons (Fsp3) is 0.143. The molecule has 6 heteroatoms. The van der Waals surface area contributed by atoms with Gasteiger partial charge in [0, 0.05) is 36.1 Å². The summed E-state index contributed by atoms with van der Waals surface area (Å²) in [6, 6.07) is 6.42. The summed E-state index contributed by atoms with van der Waals surface area (Å²) < 4.78 is 14.9. The van der Waals surface area contributed by atoms with E-state index in [0.29, 0.717) is 0 Å². The van der Waals surface area contributed by atoms with E-state index in [-0.39, 0.29) is 5.82 Å². The molecule has 0 aliphatic heterocycles. The lowest BCUT2D eigenvalue weighted by atomic mass is 10.2. The number of thioether (sulfide) groups is 1. The van der Waals surface area contributed by atoms with Gasteiger partial charge in [-0.2, -0.15) is 0 Å². The van der Waals surface area contributed by atoms with Gasteiger partial charge < -0.3 is 4.57 Å². The molecule has 0 saturated carbocycles. The standard InChI is InChI=1S/C14H12FN3S2/c1-18-7-6-16-14(18)20-9-12-8-19-13(17-12)10-2-4-11(15)5-3-10/h2-8H,9H2,1H3. The minimum absolute atomic E-state index is 0.226. The Morgan fingerprint density at radius 1 is 1.30 bits per heavy atom. The summed E-state index contributed by atoms with van der Waals surface area (Å²) in [6.45, 7) is 0. The second kappa shape index (κ2) is 5.76. The van der Waals surface area contributed by atoms with Crippen molar-refractivity contribution in [3.05, 3.63) is 53.6 Å². The van der Waals surface area contributed by atoms with Crippen LogP contribution in [-0.4, -0.2) is 14.5 Å². The smallest absolute Gasteiger partial charge is 0.168 e. The van der Waals surface area contributed by atoms with Crippen LogP contribution < -0.4 is 0 Å². The summed E-state index contributed by atoms with van der Waals surface area (Å²) >= 11 is 3.23. The Morgan fingerprint density at radius 2 is 2.10 bits per heavy atom. The zero-order valence-corrected chi connectivity index (χ0v) is 12.4. The van der Waals surface area contributed by atoms with Crippen LogP contribution in [0.1, 0.15) is 5.69 Å². The molecule has 102 valence electrons. The van der Waals surface area contributed by atoms with Crippen molar-refractivity contribution >= 4 is 23.1 Å². The van der Waals surface area contributed by atoms with Crippen LogP contribution in [0.15, 0.2) is 47.2 Å². The van der Waals surface area contributed by atoms with E-state index >= 15 is 0 Å². The van der Waals surface area contributed by atoms with E-state index in [1.807, 2.05) is 23.2 Å². The largest absolute Gasteiger partial charge is 0.329 e. The van der Waals surface area contributed by atoms with Gasteiger partial charge in [-0.3, -0.25) is 0 Å². The van der Waals surface area contributed by atoms with Crippen LogP contribution >= 0.6 is 23.1 Å². The molecular weight excluding hydrogens is 293 g/mol. The summed E-state index contributed by atoms with van der Waals surface area (Å²) in [7, 11) is 1.97. The molecule has 0 N–H and O–H groups in total. The Labute approximate surface area is 124 Å². The fourth-order valence-corrected chi connectivity index (χ4v) is 3.48. The Bertz CT molecular complexity index is 703. The molecule has 0 unspecified atom stereocenters. The van der Waals surface area contributed by atoms with Crippen molar-refractivity contribution in [1.29, 1.82) is 0 Å². The third-order valence-corrected chi connectivity index (χ3v) is 4.80. The summed E-state index contributed by atoms with van der Waals surface area (Å²) in [5.74, 6) is 0.554. The molecule has 0 amide bonds. The average molecular weight is 305 g/mol. The van der Waals surface area contributed by atoms with Crippen molar-refractivity contribution in [2.45, 2.75) is 10.9 Å². The molecule has 0 aliphatic rings. The minimum atomic E-state index is -0.226. The lowest BCUT2D eigenvalue weighted by Gasteiger charge is -1.99. The van der Waals surface area contributed by atoms with Crippen LogP contribution in [0.2, 0.25) is 0 Å². The number of halogens is 1. The summed E-state index contributed by atoms with van der Waals surface area (Å²) in [5, 5.41) is 3.93. The predicted molar refractivity (Wildman–Crippen MR) is 80.3 cm³/mol. The van der Waals surface area contributed by atoms with Gasteiger partial charge in [0.2, 0.25) is 0 Å². The highest BCUT2D eigenvalue weighted by Gasteiger charge is 2.07. The maximum Gasteiger partial charge on any atom is 0.168 e. The predicted octanol–water partition coefficient (Wildman–Crippen LogP) is 3.98. The van der Waals surface area contributed by atoms with Gasteiger partial charge in [0.05, 0.1) is 5.69 Å². The summed E-state index contributed by atoms with van der Waals surface area (Å²) in [6.07, 6.45) is 3.71. The first-order valence-electron chi connectivity index (χ1n) is 6.03. The van der Waals surface area contributed by atoms with Gasteiger partial charge in [-0.05, 0) is 24.3 Å². The maximum atomic E-state index is 12.9. The van der Waals surface area contributed by atoms with Crippen LogP contribution in [0.5, 0.6) is 0 Å². The summed E-state index contributed by atoms with van der Waals surface area (Å²) in [4.78, 5) is 8.84. The topological polar surface area (TPSA) is 30.7 Å². The van der Waals surface area contributed by atoms with Gasteiger partial charge in [-0.1, -0.05) is 11.8 Å². The number of thiazole rings is 1. The van der Waals surface area contributed by atoms with Gasteiger partial charge in [0.15, 0.2) is 5.16 Å². The molecule has 3 aromatic rings. The molecule has 0 fully saturated rings. The molecule has 2 heterocycles. The molecular formula is C14H12FN3S2. The van der Waals surface area contributed by atoms with Crippen LogP contribution in [-0.2, 0) is 12.8 Å². The van der Waals surface area contributed by atoms with Crippen LogP contribution in [0.25, 0.3) is 10.6 Å². The van der Waals surface area contributed by atoms with Crippen molar-refractivity contribution in [3.8, 4) is 10.6 Å². The third kappa shape index (κ3) is 2.91. The first-order chi connectivity index (χ1) is 9.72. The highest BCUT2D eigenvalue weighted by atomic mass is 32.2. The molecule has 2 aromatic heterocycles.